The number of anilines is 2. The van der Waals surface area contributed by atoms with Crippen molar-refractivity contribution < 1.29 is 4.39 Å². The van der Waals surface area contributed by atoms with Crippen molar-refractivity contribution in [2.24, 2.45) is 0 Å². The Bertz CT molecular complexity index is 904. The molecule has 4 rings (SSSR count). The quantitative estimate of drug-likeness (QED) is 0.611. The summed E-state index contributed by atoms with van der Waals surface area (Å²) in [6, 6.07) is 15.1. The highest BCUT2D eigenvalue weighted by atomic mass is 19.1. The van der Waals surface area contributed by atoms with Gasteiger partial charge in [0.1, 0.15) is 11.6 Å². The van der Waals surface area contributed by atoms with Gasteiger partial charge in [-0.3, -0.25) is 0 Å². The molecule has 4 nitrogen and oxygen atoms in total. The maximum Gasteiger partial charge on any atom is 0.225 e. The van der Waals surface area contributed by atoms with Crippen LogP contribution in [-0.4, -0.2) is 16.0 Å². The van der Waals surface area contributed by atoms with Crippen LogP contribution in [0.25, 0.3) is 10.9 Å². The number of nitrogens with one attached hydrogen (secondary N) is 2. The summed E-state index contributed by atoms with van der Waals surface area (Å²) in [6.45, 7) is 2.03. The molecule has 0 bridgehead atoms. The van der Waals surface area contributed by atoms with E-state index in [0.717, 1.165) is 22.3 Å². The molecule has 2 aromatic carbocycles. The number of benzene rings is 2. The van der Waals surface area contributed by atoms with E-state index in [1.807, 2.05) is 25.1 Å². The fraction of sp³-hybridized carbons (Fsp3) is 0.364. The van der Waals surface area contributed by atoms with Gasteiger partial charge in [0.2, 0.25) is 5.95 Å². The molecule has 1 unspecified atom stereocenters. The summed E-state index contributed by atoms with van der Waals surface area (Å²) in [7, 11) is 0. The fourth-order valence-electron chi connectivity index (χ4n) is 3.72. The lowest BCUT2D eigenvalue weighted by molar-refractivity contribution is 0.462. The Labute approximate surface area is 159 Å². The molecule has 1 aliphatic rings. The van der Waals surface area contributed by atoms with Crippen LogP contribution < -0.4 is 10.6 Å². The van der Waals surface area contributed by atoms with Gasteiger partial charge in [0, 0.05) is 11.4 Å². The summed E-state index contributed by atoms with van der Waals surface area (Å²) in [5.74, 6) is 1.25. The smallest absolute Gasteiger partial charge is 0.225 e. The van der Waals surface area contributed by atoms with Crippen molar-refractivity contribution in [1.29, 1.82) is 0 Å². The van der Waals surface area contributed by atoms with Gasteiger partial charge in [-0.2, -0.15) is 4.98 Å². The number of aromatic nitrogens is 2. The average Bonchev–Trinajstić information content (AvgIpc) is 2.69. The molecule has 0 radical (unpaired) electrons. The van der Waals surface area contributed by atoms with Gasteiger partial charge in [-0.15, -0.1) is 0 Å². The van der Waals surface area contributed by atoms with Gasteiger partial charge >= 0.3 is 0 Å². The molecule has 0 aliphatic heterocycles. The summed E-state index contributed by atoms with van der Waals surface area (Å²) >= 11 is 0. The average molecular weight is 364 g/mol. The number of hydrogen-bond donors (Lipinski definition) is 2. The first kappa shape index (κ1) is 17.7. The molecule has 5 heteroatoms. The van der Waals surface area contributed by atoms with E-state index < -0.39 is 0 Å². The molecule has 27 heavy (non-hydrogen) atoms. The van der Waals surface area contributed by atoms with Gasteiger partial charge in [-0.25, -0.2) is 9.37 Å². The third-order valence-electron chi connectivity index (χ3n) is 5.26. The second-order valence-corrected chi connectivity index (χ2v) is 7.31. The Kier molecular flexibility index (Phi) is 5.19. The number of halogens is 1. The van der Waals surface area contributed by atoms with E-state index in [0.29, 0.717) is 12.0 Å². The zero-order chi connectivity index (χ0) is 18.6. The van der Waals surface area contributed by atoms with Gasteiger partial charge in [0.15, 0.2) is 0 Å². The molecule has 3 aromatic rings. The second kappa shape index (κ2) is 7.91. The van der Waals surface area contributed by atoms with Crippen LogP contribution in [0.1, 0.15) is 50.6 Å². The van der Waals surface area contributed by atoms with Gasteiger partial charge in [0.25, 0.3) is 0 Å². The van der Waals surface area contributed by atoms with Crippen LogP contribution in [0.2, 0.25) is 0 Å². The molecule has 140 valence electrons. The van der Waals surface area contributed by atoms with Crippen LogP contribution in [-0.2, 0) is 0 Å². The molecular formula is C22H25FN4. The van der Waals surface area contributed by atoms with Crippen molar-refractivity contribution in [2.75, 3.05) is 10.6 Å². The van der Waals surface area contributed by atoms with Crippen LogP contribution in [0.3, 0.4) is 0 Å². The Morgan fingerprint density at radius 1 is 0.963 bits per heavy atom. The van der Waals surface area contributed by atoms with Gasteiger partial charge < -0.3 is 10.6 Å². The molecule has 1 aromatic heterocycles. The molecule has 1 atom stereocenters. The van der Waals surface area contributed by atoms with E-state index in [1.54, 1.807) is 12.1 Å². The first-order valence-corrected chi connectivity index (χ1v) is 9.74. The Morgan fingerprint density at radius 2 is 1.70 bits per heavy atom. The molecule has 1 heterocycles. The van der Waals surface area contributed by atoms with E-state index in [1.165, 1.54) is 44.2 Å². The first-order valence-electron chi connectivity index (χ1n) is 9.74. The number of rotatable bonds is 5. The lowest BCUT2D eigenvalue weighted by atomic mass is 9.95. The molecule has 0 spiro atoms. The van der Waals surface area contributed by atoms with Crippen molar-refractivity contribution in [3.8, 4) is 0 Å². The maximum absolute atomic E-state index is 13.2. The summed E-state index contributed by atoms with van der Waals surface area (Å²) < 4.78 is 13.2. The number of nitrogens with zero attached hydrogens (tertiary/aromatic N) is 2. The van der Waals surface area contributed by atoms with E-state index in [2.05, 4.69) is 21.7 Å². The summed E-state index contributed by atoms with van der Waals surface area (Å²) in [6.07, 6.45) is 6.24. The Balaban J connectivity index is 1.61. The molecule has 0 saturated heterocycles. The molecular weight excluding hydrogens is 339 g/mol. The predicted octanol–water partition coefficient (Wildman–Crippen LogP) is 5.69. The predicted molar refractivity (Wildman–Crippen MR) is 108 cm³/mol. The van der Waals surface area contributed by atoms with Crippen LogP contribution in [0, 0.1) is 5.82 Å². The van der Waals surface area contributed by atoms with Crippen molar-refractivity contribution >= 4 is 22.7 Å². The van der Waals surface area contributed by atoms with Crippen molar-refractivity contribution in [3.63, 3.8) is 0 Å². The first-order chi connectivity index (χ1) is 13.2. The SMILES string of the molecule is CC(Nc1nc(NC2CCCCC2)c2ccccc2n1)c1ccc(F)cc1. The monoisotopic (exact) mass is 364 g/mol. The minimum atomic E-state index is -0.230. The van der Waals surface area contributed by atoms with Crippen molar-refractivity contribution in [1.82, 2.24) is 9.97 Å². The standard InChI is InChI=1S/C22H25FN4/c1-15(16-11-13-17(23)14-12-16)24-22-26-20-10-6-5-9-19(20)21(27-22)25-18-7-3-2-4-8-18/h5-6,9-15,18H,2-4,7-8H2,1H3,(H2,24,25,26,27). The Hall–Kier alpha value is -2.69. The lowest BCUT2D eigenvalue weighted by Gasteiger charge is -2.24. The summed E-state index contributed by atoms with van der Waals surface area (Å²) in [5.41, 5.74) is 1.91. The van der Waals surface area contributed by atoms with E-state index in [4.69, 9.17) is 4.98 Å². The summed E-state index contributed by atoms with van der Waals surface area (Å²) in [4.78, 5) is 9.45. The normalized spacial score (nSPS) is 16.2. The highest BCUT2D eigenvalue weighted by molar-refractivity contribution is 5.90. The lowest BCUT2D eigenvalue weighted by Crippen LogP contribution is -2.23. The molecule has 1 fully saturated rings. The van der Waals surface area contributed by atoms with E-state index in [9.17, 15) is 4.39 Å². The van der Waals surface area contributed by atoms with Crippen LogP contribution in [0.15, 0.2) is 48.5 Å². The van der Waals surface area contributed by atoms with E-state index in [-0.39, 0.29) is 11.9 Å². The zero-order valence-corrected chi connectivity index (χ0v) is 15.6. The third kappa shape index (κ3) is 4.18. The van der Waals surface area contributed by atoms with Gasteiger partial charge in [-0.05, 0) is 49.6 Å². The number of para-hydroxylation sites is 1. The second-order valence-electron chi connectivity index (χ2n) is 7.31. The van der Waals surface area contributed by atoms with Gasteiger partial charge in [0.05, 0.1) is 11.6 Å². The highest BCUT2D eigenvalue weighted by Crippen LogP contribution is 2.27. The van der Waals surface area contributed by atoms with Gasteiger partial charge in [-0.1, -0.05) is 43.5 Å². The van der Waals surface area contributed by atoms with E-state index >= 15 is 0 Å². The fourth-order valence-corrected chi connectivity index (χ4v) is 3.72. The van der Waals surface area contributed by atoms with Crippen molar-refractivity contribution in [3.05, 3.63) is 59.9 Å². The minimum Gasteiger partial charge on any atom is -0.367 e. The van der Waals surface area contributed by atoms with Crippen molar-refractivity contribution in [2.45, 2.75) is 51.1 Å². The van der Waals surface area contributed by atoms with Crippen LogP contribution in [0.4, 0.5) is 16.2 Å². The third-order valence-corrected chi connectivity index (χ3v) is 5.26. The largest absolute Gasteiger partial charge is 0.367 e. The topological polar surface area (TPSA) is 49.8 Å². The number of hydrogen-bond acceptors (Lipinski definition) is 4. The highest BCUT2D eigenvalue weighted by Gasteiger charge is 2.17. The molecule has 0 amide bonds. The maximum atomic E-state index is 13.2. The zero-order valence-electron chi connectivity index (χ0n) is 15.6. The Morgan fingerprint density at radius 3 is 2.48 bits per heavy atom. The minimum absolute atomic E-state index is 0.0192. The molecule has 2 N–H and O–H groups in total. The van der Waals surface area contributed by atoms with Crippen LogP contribution in [0.5, 0.6) is 0 Å². The molecule has 1 saturated carbocycles. The van der Waals surface area contributed by atoms with Crippen LogP contribution >= 0.6 is 0 Å². The molecule has 1 aliphatic carbocycles. The summed E-state index contributed by atoms with van der Waals surface area (Å²) in [5, 5.41) is 8.05. The number of fused-ring (bicyclic) bond motifs is 1.